The standard InChI is InChI=1S/C54H83N3O16P2/c1-3-5-7-9-11-13-14-15-16-17-18-19-20-21-22-24-26-30-35-39-50(60)71-46(42-68-49(59)38-34-31-27-29-33-37-45(58)36-32-28-25-23-12-10-8-6-4-2)43-69-74(64,65)73-75(66,67)70-44-47-51(61)52(62)53(72-47)57-41-40-48(55)56-54(57)63/h5,7,11-13,15-16,18-19,21-23,27-29,32-33,37,40-41,45-47,51-53,58,61-62H,3-4,6,8-10,14,17,20,24-26,30-31,34-36,38-39,42-44H2,1-2H3,(H,64,65)(H,66,67)(H2,55,56,63)/b7-5-,13-11-,16-15-,19-18-,22-21-,23-12-,29-27+,32-28-,37-33-/t45?,46-,47-,51-,52-,53-/m1/s1. The number of aliphatic hydroxyl groups is 3. The Kier molecular flexibility index (Phi) is 36.0. The molecule has 0 aromatic carbocycles. The number of nitrogens with two attached hydrogens (primary N) is 1. The van der Waals surface area contributed by atoms with E-state index >= 15 is 0 Å². The first kappa shape index (κ1) is 66.5. The zero-order chi connectivity index (χ0) is 55.0. The zero-order valence-corrected chi connectivity index (χ0v) is 45.4. The second-order valence-corrected chi connectivity index (χ2v) is 20.5. The summed E-state index contributed by atoms with van der Waals surface area (Å²) >= 11 is 0. The fraction of sp³-hybridized carbons (Fsp3) is 0.556. The smallest absolute Gasteiger partial charge is 0.462 e. The first-order chi connectivity index (χ1) is 36.1. The third-order valence-electron chi connectivity index (χ3n) is 10.9. The zero-order valence-electron chi connectivity index (χ0n) is 43.7. The van der Waals surface area contributed by atoms with Crippen LogP contribution in [0.5, 0.6) is 0 Å². The van der Waals surface area contributed by atoms with Gasteiger partial charge in [-0.25, -0.2) is 13.9 Å². The van der Waals surface area contributed by atoms with Gasteiger partial charge < -0.3 is 45.1 Å². The van der Waals surface area contributed by atoms with Crippen LogP contribution >= 0.6 is 15.6 Å². The summed E-state index contributed by atoms with van der Waals surface area (Å²) in [5, 5.41) is 31.1. The summed E-state index contributed by atoms with van der Waals surface area (Å²) in [5.74, 6) is -1.49. The van der Waals surface area contributed by atoms with Crippen LogP contribution < -0.4 is 11.4 Å². The van der Waals surface area contributed by atoms with Crippen molar-refractivity contribution >= 4 is 33.4 Å². The highest BCUT2D eigenvalue weighted by Crippen LogP contribution is 2.60. The van der Waals surface area contributed by atoms with Crippen molar-refractivity contribution in [2.75, 3.05) is 25.6 Å². The maximum atomic E-state index is 12.9. The van der Waals surface area contributed by atoms with Crippen LogP contribution in [0, 0.1) is 0 Å². The van der Waals surface area contributed by atoms with E-state index in [1.807, 2.05) is 18.2 Å². The molecule has 1 saturated heterocycles. The number of carbonyl (C=O) groups is 2. The third-order valence-corrected chi connectivity index (χ3v) is 13.5. The van der Waals surface area contributed by atoms with Gasteiger partial charge in [-0.3, -0.25) is 23.2 Å². The number of carbonyl (C=O) groups excluding carboxylic acids is 2. The topological polar surface area (TPSA) is 286 Å². The highest BCUT2D eigenvalue weighted by atomic mass is 31.3. The molecule has 0 spiro atoms. The Hall–Kier alpha value is -4.62. The van der Waals surface area contributed by atoms with E-state index in [0.29, 0.717) is 32.1 Å². The molecule has 0 radical (unpaired) electrons. The van der Waals surface area contributed by atoms with Gasteiger partial charge in [-0.1, -0.05) is 142 Å². The molecule has 2 heterocycles. The number of hydrogen-bond acceptors (Lipinski definition) is 16. The number of rotatable bonds is 41. The van der Waals surface area contributed by atoms with Crippen molar-refractivity contribution in [3.63, 3.8) is 0 Å². The molecule has 1 aliphatic rings. The minimum atomic E-state index is -5.47. The lowest BCUT2D eigenvalue weighted by molar-refractivity contribution is -0.161. The van der Waals surface area contributed by atoms with Crippen LogP contribution in [0.25, 0.3) is 0 Å². The number of hydrogen-bond donors (Lipinski definition) is 6. The average molecular weight is 1090 g/mol. The number of ether oxygens (including phenoxy) is 3. The number of nitrogen functional groups attached to an aromatic ring is 1. The van der Waals surface area contributed by atoms with E-state index in [0.717, 1.165) is 68.6 Å². The molecule has 1 aliphatic heterocycles. The normalized spacial score (nSPS) is 20.1. The van der Waals surface area contributed by atoms with E-state index < -0.39 is 89.8 Å². The Morgan fingerprint density at radius 1 is 0.720 bits per heavy atom. The second kappa shape index (κ2) is 40.6. The van der Waals surface area contributed by atoms with Gasteiger partial charge in [-0.05, 0) is 96.0 Å². The number of aliphatic hydroxyl groups excluding tert-OH is 3. The van der Waals surface area contributed by atoms with Crippen LogP contribution in [-0.2, 0) is 46.3 Å². The molecule has 1 fully saturated rings. The Bertz CT molecular complexity index is 2200. The number of nitrogens with zero attached hydrogens (tertiary/aromatic N) is 2. The van der Waals surface area contributed by atoms with Crippen molar-refractivity contribution in [1.82, 2.24) is 9.55 Å². The maximum Gasteiger partial charge on any atom is 0.481 e. The molecule has 0 bridgehead atoms. The van der Waals surface area contributed by atoms with Crippen LogP contribution in [-0.4, -0.2) is 96.9 Å². The highest BCUT2D eigenvalue weighted by Gasteiger charge is 2.46. The molecule has 7 N–H and O–H groups in total. The lowest BCUT2D eigenvalue weighted by Gasteiger charge is -2.21. The molecule has 3 unspecified atom stereocenters. The molecular formula is C54H83N3O16P2. The van der Waals surface area contributed by atoms with Gasteiger partial charge in [0.2, 0.25) is 0 Å². The molecule has 8 atom stereocenters. The molecular weight excluding hydrogens is 1010 g/mol. The van der Waals surface area contributed by atoms with Crippen molar-refractivity contribution < 1.29 is 71.4 Å². The van der Waals surface area contributed by atoms with Gasteiger partial charge in [0.05, 0.1) is 19.3 Å². The van der Waals surface area contributed by atoms with Crippen molar-refractivity contribution in [3.8, 4) is 0 Å². The molecule has 1 aromatic rings. The Morgan fingerprint density at radius 2 is 1.29 bits per heavy atom. The van der Waals surface area contributed by atoms with E-state index in [1.54, 1.807) is 18.2 Å². The summed E-state index contributed by atoms with van der Waals surface area (Å²) in [4.78, 5) is 62.0. The largest absolute Gasteiger partial charge is 0.481 e. The van der Waals surface area contributed by atoms with Gasteiger partial charge in [-0.2, -0.15) is 9.29 Å². The minimum Gasteiger partial charge on any atom is -0.462 e. The number of unbranched alkanes of at least 4 members (excludes halogenated alkanes) is 7. The van der Waals surface area contributed by atoms with E-state index in [1.165, 1.54) is 25.3 Å². The van der Waals surface area contributed by atoms with E-state index in [-0.39, 0.29) is 18.7 Å². The molecule has 75 heavy (non-hydrogen) atoms. The van der Waals surface area contributed by atoms with Crippen molar-refractivity contribution in [2.24, 2.45) is 0 Å². The highest BCUT2D eigenvalue weighted by molar-refractivity contribution is 7.61. The van der Waals surface area contributed by atoms with Crippen molar-refractivity contribution in [1.29, 1.82) is 0 Å². The Morgan fingerprint density at radius 3 is 1.92 bits per heavy atom. The van der Waals surface area contributed by atoms with Crippen molar-refractivity contribution in [2.45, 2.75) is 173 Å². The fourth-order valence-corrected chi connectivity index (χ4v) is 8.99. The summed E-state index contributed by atoms with van der Waals surface area (Å²) in [6, 6.07) is 1.24. The summed E-state index contributed by atoms with van der Waals surface area (Å²) in [6.45, 7) is 1.83. The average Bonchev–Trinajstić information content (AvgIpc) is 3.64. The summed E-state index contributed by atoms with van der Waals surface area (Å²) in [5.41, 5.74) is 4.57. The molecule has 420 valence electrons. The Labute approximate surface area is 443 Å². The molecule has 1 aromatic heterocycles. The SMILES string of the molecule is CC/C=C\C/C=C\C/C=C\C/C=C\C/C=C\CCCCCC(=O)O[C@H](COC(=O)CCC/C=C/C=C\C(O)C/C=C\C/C=C\CCCCC)COP(=O)(O)OP(=O)(O)OC[C@H]1O[C@@H](n2ccc(N)nc2=O)[C@H](O)[C@@H]1O. The number of esters is 2. The van der Waals surface area contributed by atoms with E-state index in [9.17, 15) is 48.6 Å². The first-order valence-corrected chi connectivity index (χ1v) is 29.0. The number of phosphoric acid groups is 2. The van der Waals surface area contributed by atoms with Crippen LogP contribution in [0.1, 0.15) is 142 Å². The van der Waals surface area contributed by atoms with Crippen LogP contribution in [0.2, 0.25) is 0 Å². The number of allylic oxidation sites excluding steroid dienone is 16. The third kappa shape index (κ3) is 33.2. The first-order valence-electron chi connectivity index (χ1n) is 26.0. The lowest BCUT2D eigenvalue weighted by atomic mass is 10.1. The lowest BCUT2D eigenvalue weighted by Crippen LogP contribution is -2.36. The van der Waals surface area contributed by atoms with Crippen LogP contribution in [0.4, 0.5) is 5.82 Å². The molecule has 19 nitrogen and oxygen atoms in total. The minimum absolute atomic E-state index is 0.0225. The monoisotopic (exact) mass is 1090 g/mol. The predicted octanol–water partition coefficient (Wildman–Crippen LogP) is 9.97. The number of anilines is 1. The van der Waals surface area contributed by atoms with Gasteiger partial charge in [0.25, 0.3) is 0 Å². The molecule has 0 aliphatic carbocycles. The fourth-order valence-electron chi connectivity index (χ4n) is 6.88. The van der Waals surface area contributed by atoms with Crippen LogP contribution in [0.3, 0.4) is 0 Å². The summed E-state index contributed by atoms with van der Waals surface area (Å²) in [7, 11) is -10.9. The summed E-state index contributed by atoms with van der Waals surface area (Å²) < 4.78 is 56.7. The molecule has 0 amide bonds. The van der Waals surface area contributed by atoms with E-state index in [2.05, 4.69) is 96.1 Å². The van der Waals surface area contributed by atoms with Gasteiger partial charge in [0.15, 0.2) is 12.3 Å². The molecule has 21 heteroatoms. The van der Waals surface area contributed by atoms with Gasteiger partial charge in [-0.15, -0.1) is 0 Å². The van der Waals surface area contributed by atoms with Gasteiger partial charge >= 0.3 is 33.3 Å². The Balaban J connectivity index is 1.86. The van der Waals surface area contributed by atoms with Gasteiger partial charge in [0.1, 0.15) is 30.7 Å². The second-order valence-electron chi connectivity index (χ2n) is 17.5. The molecule has 0 saturated carbocycles. The number of aromatic nitrogens is 2. The molecule has 2 rings (SSSR count). The quantitative estimate of drug-likeness (QED) is 0.0117. The maximum absolute atomic E-state index is 12.9. The van der Waals surface area contributed by atoms with Gasteiger partial charge in [0, 0.05) is 19.0 Å². The number of phosphoric ester groups is 2. The van der Waals surface area contributed by atoms with Crippen molar-refractivity contribution in [3.05, 3.63) is 132 Å². The predicted molar refractivity (Wildman–Crippen MR) is 290 cm³/mol. The summed E-state index contributed by atoms with van der Waals surface area (Å²) in [6.07, 6.45) is 43.3. The van der Waals surface area contributed by atoms with E-state index in [4.69, 9.17) is 29.0 Å². The van der Waals surface area contributed by atoms with Crippen LogP contribution in [0.15, 0.2) is 126 Å².